The molecule has 1 aliphatic rings. The van der Waals surface area contributed by atoms with Crippen molar-refractivity contribution in [2.45, 2.75) is 46.0 Å². The SMILES string of the molecule is CCC1CCCN(CC(CC)CBr)CC1. The van der Waals surface area contributed by atoms with Crippen LogP contribution in [0.25, 0.3) is 0 Å². The molecule has 1 rings (SSSR count). The van der Waals surface area contributed by atoms with E-state index in [0.717, 1.165) is 17.2 Å². The van der Waals surface area contributed by atoms with Crippen molar-refractivity contribution in [2.75, 3.05) is 25.0 Å². The Bertz CT molecular complexity index is 157. The standard InChI is InChI=1S/C13H26BrN/c1-3-12-6-5-8-15(9-7-12)11-13(4-2)10-14/h12-13H,3-11H2,1-2H3. The van der Waals surface area contributed by atoms with Crippen LogP contribution >= 0.6 is 15.9 Å². The van der Waals surface area contributed by atoms with E-state index in [2.05, 4.69) is 34.7 Å². The van der Waals surface area contributed by atoms with Crippen LogP contribution in [-0.4, -0.2) is 29.9 Å². The average molecular weight is 276 g/mol. The molecule has 1 fully saturated rings. The van der Waals surface area contributed by atoms with E-state index in [1.807, 2.05) is 0 Å². The summed E-state index contributed by atoms with van der Waals surface area (Å²) in [5, 5.41) is 1.16. The van der Waals surface area contributed by atoms with Crippen LogP contribution in [0, 0.1) is 11.8 Å². The van der Waals surface area contributed by atoms with Crippen LogP contribution in [-0.2, 0) is 0 Å². The first-order valence-electron chi connectivity index (χ1n) is 6.58. The number of alkyl halides is 1. The van der Waals surface area contributed by atoms with Gasteiger partial charge in [0, 0.05) is 11.9 Å². The van der Waals surface area contributed by atoms with E-state index >= 15 is 0 Å². The van der Waals surface area contributed by atoms with Gasteiger partial charge in [0.2, 0.25) is 0 Å². The first-order chi connectivity index (χ1) is 7.30. The van der Waals surface area contributed by atoms with Crippen LogP contribution in [0.4, 0.5) is 0 Å². The van der Waals surface area contributed by atoms with Crippen LogP contribution in [0.1, 0.15) is 46.0 Å². The van der Waals surface area contributed by atoms with Crippen LogP contribution in [0.2, 0.25) is 0 Å². The highest BCUT2D eigenvalue weighted by atomic mass is 79.9. The Morgan fingerprint density at radius 1 is 1.27 bits per heavy atom. The molecule has 0 aliphatic carbocycles. The molecule has 90 valence electrons. The minimum absolute atomic E-state index is 0.850. The fraction of sp³-hybridized carbons (Fsp3) is 1.00. The summed E-state index contributed by atoms with van der Waals surface area (Å²) in [7, 11) is 0. The summed E-state index contributed by atoms with van der Waals surface area (Å²) < 4.78 is 0. The second-order valence-corrected chi connectivity index (χ2v) is 5.58. The molecule has 2 unspecified atom stereocenters. The normalized spacial score (nSPS) is 26.2. The molecule has 2 heteroatoms. The van der Waals surface area contributed by atoms with Crippen molar-refractivity contribution in [3.8, 4) is 0 Å². The summed E-state index contributed by atoms with van der Waals surface area (Å²) >= 11 is 3.62. The Kier molecular flexibility index (Phi) is 6.91. The van der Waals surface area contributed by atoms with E-state index in [0.29, 0.717) is 0 Å². The second-order valence-electron chi connectivity index (χ2n) is 4.93. The van der Waals surface area contributed by atoms with Gasteiger partial charge in [0.05, 0.1) is 0 Å². The Balaban J connectivity index is 2.30. The first-order valence-corrected chi connectivity index (χ1v) is 7.70. The highest BCUT2D eigenvalue weighted by Crippen LogP contribution is 2.21. The van der Waals surface area contributed by atoms with Crippen LogP contribution < -0.4 is 0 Å². The van der Waals surface area contributed by atoms with Crippen LogP contribution in [0.3, 0.4) is 0 Å². The van der Waals surface area contributed by atoms with Gasteiger partial charge < -0.3 is 4.90 Å². The molecular formula is C13H26BrN. The Hall–Kier alpha value is 0.440. The van der Waals surface area contributed by atoms with Gasteiger partial charge >= 0.3 is 0 Å². The molecule has 0 N–H and O–H groups in total. The predicted molar refractivity (Wildman–Crippen MR) is 71.6 cm³/mol. The smallest absolute Gasteiger partial charge is 0.00717 e. The zero-order chi connectivity index (χ0) is 11.1. The third-order valence-electron chi connectivity index (χ3n) is 3.83. The van der Waals surface area contributed by atoms with E-state index in [4.69, 9.17) is 0 Å². The zero-order valence-corrected chi connectivity index (χ0v) is 11.9. The van der Waals surface area contributed by atoms with Crippen molar-refractivity contribution in [2.24, 2.45) is 11.8 Å². The van der Waals surface area contributed by atoms with Gasteiger partial charge in [-0.15, -0.1) is 0 Å². The lowest BCUT2D eigenvalue weighted by molar-refractivity contribution is 0.242. The molecule has 0 aromatic heterocycles. The fourth-order valence-electron chi connectivity index (χ4n) is 2.47. The molecule has 0 saturated carbocycles. The molecule has 0 aromatic carbocycles. The molecule has 1 heterocycles. The van der Waals surface area contributed by atoms with Gasteiger partial charge in [0.1, 0.15) is 0 Å². The largest absolute Gasteiger partial charge is 0.303 e. The molecule has 0 amide bonds. The molecule has 0 radical (unpaired) electrons. The van der Waals surface area contributed by atoms with Gasteiger partial charge in [-0.05, 0) is 44.2 Å². The lowest BCUT2D eigenvalue weighted by Gasteiger charge is -2.24. The maximum Gasteiger partial charge on any atom is 0.00717 e. The van der Waals surface area contributed by atoms with Crippen LogP contribution in [0.5, 0.6) is 0 Å². The van der Waals surface area contributed by atoms with Crippen LogP contribution in [0.15, 0.2) is 0 Å². The van der Waals surface area contributed by atoms with Gasteiger partial charge in [0.25, 0.3) is 0 Å². The topological polar surface area (TPSA) is 3.24 Å². The lowest BCUT2D eigenvalue weighted by Crippen LogP contribution is -2.31. The molecule has 0 bridgehead atoms. The van der Waals surface area contributed by atoms with Gasteiger partial charge in [-0.25, -0.2) is 0 Å². The van der Waals surface area contributed by atoms with Crippen molar-refractivity contribution in [3.05, 3.63) is 0 Å². The van der Waals surface area contributed by atoms with E-state index in [1.54, 1.807) is 0 Å². The molecule has 1 saturated heterocycles. The minimum Gasteiger partial charge on any atom is -0.303 e. The third kappa shape index (κ3) is 4.86. The molecule has 1 aliphatic heterocycles. The van der Waals surface area contributed by atoms with Crippen molar-refractivity contribution >= 4 is 15.9 Å². The highest BCUT2D eigenvalue weighted by molar-refractivity contribution is 9.09. The third-order valence-corrected chi connectivity index (χ3v) is 4.75. The Morgan fingerprint density at radius 3 is 2.67 bits per heavy atom. The molecular weight excluding hydrogens is 250 g/mol. The maximum absolute atomic E-state index is 3.62. The zero-order valence-electron chi connectivity index (χ0n) is 10.3. The number of likely N-dealkylation sites (tertiary alicyclic amines) is 1. The number of hydrogen-bond donors (Lipinski definition) is 0. The minimum atomic E-state index is 0.850. The molecule has 15 heavy (non-hydrogen) atoms. The lowest BCUT2D eigenvalue weighted by atomic mass is 9.98. The van der Waals surface area contributed by atoms with E-state index in [1.165, 1.54) is 51.7 Å². The number of hydrogen-bond acceptors (Lipinski definition) is 1. The summed E-state index contributed by atoms with van der Waals surface area (Å²) in [6, 6.07) is 0. The van der Waals surface area contributed by atoms with Gasteiger partial charge in [-0.1, -0.05) is 42.6 Å². The summed E-state index contributed by atoms with van der Waals surface area (Å²) in [6.07, 6.45) is 6.98. The van der Waals surface area contributed by atoms with Crippen molar-refractivity contribution in [1.82, 2.24) is 4.90 Å². The average Bonchev–Trinajstić information content (AvgIpc) is 2.50. The summed E-state index contributed by atoms with van der Waals surface area (Å²) in [5.74, 6) is 1.85. The summed E-state index contributed by atoms with van der Waals surface area (Å²) in [5.41, 5.74) is 0. The molecule has 2 atom stereocenters. The number of nitrogens with zero attached hydrogens (tertiary/aromatic N) is 1. The maximum atomic E-state index is 3.62. The summed E-state index contributed by atoms with van der Waals surface area (Å²) in [4.78, 5) is 2.69. The van der Waals surface area contributed by atoms with Crippen molar-refractivity contribution in [1.29, 1.82) is 0 Å². The van der Waals surface area contributed by atoms with E-state index in [9.17, 15) is 0 Å². The fourth-order valence-corrected chi connectivity index (χ4v) is 3.13. The first kappa shape index (κ1) is 13.5. The molecule has 1 nitrogen and oxygen atoms in total. The monoisotopic (exact) mass is 275 g/mol. The summed E-state index contributed by atoms with van der Waals surface area (Å²) in [6.45, 7) is 8.62. The van der Waals surface area contributed by atoms with Gasteiger partial charge in [-0.2, -0.15) is 0 Å². The van der Waals surface area contributed by atoms with Gasteiger partial charge in [0.15, 0.2) is 0 Å². The Morgan fingerprint density at radius 2 is 2.07 bits per heavy atom. The van der Waals surface area contributed by atoms with E-state index in [-0.39, 0.29) is 0 Å². The second kappa shape index (κ2) is 7.67. The predicted octanol–water partition coefficient (Wildman–Crippen LogP) is 3.92. The number of rotatable bonds is 5. The quantitative estimate of drug-likeness (QED) is 0.688. The van der Waals surface area contributed by atoms with E-state index < -0.39 is 0 Å². The van der Waals surface area contributed by atoms with Crippen molar-refractivity contribution < 1.29 is 0 Å². The van der Waals surface area contributed by atoms with Gasteiger partial charge in [-0.3, -0.25) is 0 Å². The Labute approximate surface area is 104 Å². The van der Waals surface area contributed by atoms with Crippen molar-refractivity contribution in [3.63, 3.8) is 0 Å². The molecule has 0 spiro atoms. The highest BCUT2D eigenvalue weighted by Gasteiger charge is 2.17. The number of halogens is 1. The molecule has 0 aromatic rings.